The van der Waals surface area contributed by atoms with Gasteiger partial charge < -0.3 is 10.2 Å². The minimum absolute atomic E-state index is 0.0491. The molecule has 1 amide bonds. The molecule has 2 heterocycles. The maximum Gasteiger partial charge on any atom is 0.261 e. The number of amides is 1. The third kappa shape index (κ3) is 4.17. The van der Waals surface area contributed by atoms with Gasteiger partial charge in [0.1, 0.15) is 5.15 Å². The fraction of sp³-hybridized carbons (Fsp3) is 0.400. The Labute approximate surface area is 163 Å². The number of hydrogen-bond acceptors (Lipinski definition) is 4. The lowest BCUT2D eigenvalue weighted by Crippen LogP contribution is -2.33. The average molecular weight is 390 g/mol. The summed E-state index contributed by atoms with van der Waals surface area (Å²) in [6.45, 7) is 6.78. The van der Waals surface area contributed by atoms with Crippen LogP contribution in [0, 0.1) is 6.92 Å². The Morgan fingerprint density at radius 1 is 1.27 bits per heavy atom. The van der Waals surface area contributed by atoms with Crippen LogP contribution in [0.25, 0.3) is 21.0 Å². The van der Waals surface area contributed by atoms with Crippen molar-refractivity contribution in [2.45, 2.75) is 26.7 Å². The summed E-state index contributed by atoms with van der Waals surface area (Å²) in [4.78, 5) is 19.9. The molecule has 0 saturated carbocycles. The maximum absolute atomic E-state index is 12.5. The molecule has 0 aliphatic carbocycles. The van der Waals surface area contributed by atoms with Crippen LogP contribution in [0.5, 0.6) is 0 Å². The Morgan fingerprint density at radius 2 is 2.08 bits per heavy atom. The van der Waals surface area contributed by atoms with Crippen LogP contribution < -0.4 is 5.32 Å². The number of pyridine rings is 1. The number of thiophene rings is 1. The predicted octanol–water partition coefficient (Wildman–Crippen LogP) is 4.87. The van der Waals surface area contributed by atoms with Gasteiger partial charge in [0.05, 0.1) is 10.4 Å². The zero-order valence-electron chi connectivity index (χ0n) is 15.4. The predicted molar refractivity (Wildman–Crippen MR) is 112 cm³/mol. The highest BCUT2D eigenvalue weighted by Gasteiger charge is 2.15. The van der Waals surface area contributed by atoms with Crippen molar-refractivity contribution < 1.29 is 4.79 Å². The van der Waals surface area contributed by atoms with Gasteiger partial charge in [0.15, 0.2) is 0 Å². The Morgan fingerprint density at radius 3 is 2.85 bits per heavy atom. The Kier molecular flexibility index (Phi) is 6.12. The Bertz CT molecular complexity index is 938. The van der Waals surface area contributed by atoms with Gasteiger partial charge in [-0.25, -0.2) is 4.98 Å². The molecule has 0 saturated heterocycles. The van der Waals surface area contributed by atoms with E-state index in [-0.39, 0.29) is 5.91 Å². The number of carbonyl (C=O) groups is 1. The summed E-state index contributed by atoms with van der Waals surface area (Å²) in [5.74, 6) is -0.0491. The van der Waals surface area contributed by atoms with Gasteiger partial charge in [-0.15, -0.1) is 11.3 Å². The third-order valence-electron chi connectivity index (χ3n) is 4.47. The summed E-state index contributed by atoms with van der Waals surface area (Å²) in [7, 11) is 2.08. The normalized spacial score (nSPS) is 11.6. The zero-order chi connectivity index (χ0) is 18.7. The first-order valence-corrected chi connectivity index (χ1v) is 10.1. The van der Waals surface area contributed by atoms with E-state index in [2.05, 4.69) is 42.2 Å². The van der Waals surface area contributed by atoms with E-state index in [1.54, 1.807) is 0 Å². The molecule has 3 aromatic rings. The van der Waals surface area contributed by atoms with Crippen molar-refractivity contribution in [3.63, 3.8) is 0 Å². The van der Waals surface area contributed by atoms with E-state index in [4.69, 9.17) is 11.6 Å². The summed E-state index contributed by atoms with van der Waals surface area (Å²) in [6.07, 6.45) is 2.36. The number of fused-ring (bicyclic) bond motifs is 3. The number of halogens is 1. The quantitative estimate of drug-likeness (QED) is 0.586. The third-order valence-corrected chi connectivity index (χ3v) is 5.92. The summed E-state index contributed by atoms with van der Waals surface area (Å²) in [5.41, 5.74) is 2.02. The molecule has 0 unspecified atom stereocenters. The van der Waals surface area contributed by atoms with Gasteiger partial charge >= 0.3 is 0 Å². The molecule has 0 fully saturated rings. The number of carbonyl (C=O) groups excluding carboxylic acids is 1. The Hall–Kier alpha value is -1.69. The molecular weight excluding hydrogens is 366 g/mol. The molecule has 1 aromatic carbocycles. The molecule has 0 atom stereocenters. The molecule has 2 aromatic heterocycles. The number of unbranched alkanes of at least 4 members (excludes halogenated alkanes) is 1. The first kappa shape index (κ1) is 19.1. The fourth-order valence-electron chi connectivity index (χ4n) is 2.94. The van der Waals surface area contributed by atoms with E-state index >= 15 is 0 Å². The molecule has 4 nitrogen and oxygen atoms in total. The number of hydrogen-bond donors (Lipinski definition) is 1. The van der Waals surface area contributed by atoms with Crippen molar-refractivity contribution in [2.24, 2.45) is 0 Å². The van der Waals surface area contributed by atoms with Crippen molar-refractivity contribution >= 4 is 49.8 Å². The molecule has 138 valence electrons. The van der Waals surface area contributed by atoms with Crippen molar-refractivity contribution in [1.82, 2.24) is 15.2 Å². The first-order valence-electron chi connectivity index (χ1n) is 8.95. The molecule has 0 spiro atoms. The van der Waals surface area contributed by atoms with Crippen molar-refractivity contribution in [3.05, 3.63) is 39.9 Å². The van der Waals surface area contributed by atoms with Gasteiger partial charge in [-0.3, -0.25) is 4.79 Å². The largest absolute Gasteiger partial charge is 0.350 e. The van der Waals surface area contributed by atoms with E-state index in [9.17, 15) is 4.79 Å². The molecule has 0 radical (unpaired) electrons. The van der Waals surface area contributed by atoms with Gasteiger partial charge in [-0.2, -0.15) is 0 Å². The van der Waals surface area contributed by atoms with E-state index < -0.39 is 0 Å². The van der Waals surface area contributed by atoms with Gasteiger partial charge in [-0.05, 0) is 45.1 Å². The second-order valence-corrected chi connectivity index (χ2v) is 8.10. The number of likely N-dealkylation sites (N-methyl/N-ethyl adjacent to an activating group) is 1. The number of aryl methyl sites for hydroxylation is 1. The van der Waals surface area contributed by atoms with Gasteiger partial charge in [0.2, 0.25) is 0 Å². The maximum atomic E-state index is 12.5. The molecule has 6 heteroatoms. The molecular formula is C20H24ClN3OS. The number of aromatic nitrogens is 1. The van der Waals surface area contributed by atoms with Gasteiger partial charge in [-0.1, -0.05) is 36.6 Å². The molecule has 1 N–H and O–H groups in total. The highest BCUT2D eigenvalue weighted by molar-refractivity contribution is 7.21. The van der Waals surface area contributed by atoms with Crippen molar-refractivity contribution in [3.8, 4) is 0 Å². The van der Waals surface area contributed by atoms with Crippen molar-refractivity contribution in [1.29, 1.82) is 0 Å². The first-order chi connectivity index (χ1) is 12.5. The lowest BCUT2D eigenvalue weighted by Gasteiger charge is -2.15. The molecule has 0 bridgehead atoms. The number of benzene rings is 1. The summed E-state index contributed by atoms with van der Waals surface area (Å²) in [5, 5.41) is 5.36. The second-order valence-electron chi connectivity index (χ2n) is 6.69. The van der Waals surface area contributed by atoms with Gasteiger partial charge in [0, 0.05) is 28.6 Å². The highest BCUT2D eigenvalue weighted by Crippen LogP contribution is 2.36. The van der Waals surface area contributed by atoms with Crippen LogP contribution in [0.2, 0.25) is 5.15 Å². The summed E-state index contributed by atoms with van der Waals surface area (Å²) >= 11 is 7.83. The minimum atomic E-state index is -0.0491. The van der Waals surface area contributed by atoms with Crippen LogP contribution in [0.3, 0.4) is 0 Å². The van der Waals surface area contributed by atoms with Crippen LogP contribution in [0.4, 0.5) is 0 Å². The molecule has 26 heavy (non-hydrogen) atoms. The zero-order valence-corrected chi connectivity index (χ0v) is 17.0. The van der Waals surface area contributed by atoms with Crippen LogP contribution in [0.1, 0.15) is 35.0 Å². The highest BCUT2D eigenvalue weighted by atomic mass is 35.5. The smallest absolute Gasteiger partial charge is 0.261 e. The van der Waals surface area contributed by atoms with Crippen molar-refractivity contribution in [2.75, 3.05) is 26.7 Å². The van der Waals surface area contributed by atoms with Crippen LogP contribution in [-0.2, 0) is 0 Å². The standard InChI is InChI=1S/C20H24ClN3OS/c1-4-5-9-24(3)10-8-22-20(25)17-12-15-18(26-17)14-11-13(2)6-7-16(14)23-19(15)21/h6-7,11-12H,4-5,8-10H2,1-3H3,(H,22,25). The van der Waals surface area contributed by atoms with E-state index in [0.29, 0.717) is 16.6 Å². The average Bonchev–Trinajstić information content (AvgIpc) is 3.07. The van der Waals surface area contributed by atoms with Crippen LogP contribution in [-0.4, -0.2) is 42.5 Å². The molecule has 0 aliphatic rings. The topological polar surface area (TPSA) is 45.2 Å². The van der Waals surface area contributed by atoms with E-state index in [1.165, 1.54) is 24.2 Å². The summed E-state index contributed by atoms with van der Waals surface area (Å²) in [6, 6.07) is 7.95. The number of rotatable bonds is 7. The van der Waals surface area contributed by atoms with E-state index in [1.807, 2.05) is 18.2 Å². The monoisotopic (exact) mass is 389 g/mol. The van der Waals surface area contributed by atoms with Crippen LogP contribution in [0.15, 0.2) is 24.3 Å². The lowest BCUT2D eigenvalue weighted by molar-refractivity contribution is 0.0954. The fourth-order valence-corrected chi connectivity index (χ4v) is 4.34. The lowest BCUT2D eigenvalue weighted by atomic mass is 10.1. The minimum Gasteiger partial charge on any atom is -0.350 e. The summed E-state index contributed by atoms with van der Waals surface area (Å²) < 4.78 is 1.02. The number of nitrogens with zero attached hydrogens (tertiary/aromatic N) is 2. The van der Waals surface area contributed by atoms with Crippen LogP contribution >= 0.6 is 22.9 Å². The number of nitrogens with one attached hydrogen (secondary N) is 1. The molecule has 0 aliphatic heterocycles. The molecule has 3 rings (SSSR count). The Balaban J connectivity index is 1.78. The van der Waals surface area contributed by atoms with E-state index in [0.717, 1.165) is 39.6 Å². The van der Waals surface area contributed by atoms with Gasteiger partial charge in [0.25, 0.3) is 5.91 Å². The SMILES string of the molecule is CCCCN(C)CCNC(=O)c1cc2c(Cl)nc3ccc(C)cc3c2s1. The second kappa shape index (κ2) is 8.33.